The number of nitrogens with one attached hydrogen (secondary N) is 1. The minimum Gasteiger partial charge on any atom is -0.376 e. The molecule has 0 spiro atoms. The average molecular weight is 274 g/mol. The van der Waals surface area contributed by atoms with E-state index in [0.717, 1.165) is 39.1 Å². The Bertz CT molecular complexity index is 447. The Kier molecular flexibility index (Phi) is 4.58. The van der Waals surface area contributed by atoms with Gasteiger partial charge in [-0.1, -0.05) is 19.1 Å². The van der Waals surface area contributed by atoms with Crippen molar-refractivity contribution in [1.29, 1.82) is 0 Å². The zero-order chi connectivity index (χ0) is 13.8. The van der Waals surface area contributed by atoms with Crippen LogP contribution in [0, 0.1) is 0 Å². The zero-order valence-corrected chi connectivity index (χ0v) is 12.5. The SMILES string of the molecule is CCCOC1CCCN(c2cccc3c2CNCC3)C1. The molecule has 0 radical (unpaired) electrons. The van der Waals surface area contributed by atoms with Gasteiger partial charge >= 0.3 is 0 Å². The molecule has 1 aromatic rings. The van der Waals surface area contributed by atoms with Gasteiger partial charge in [-0.2, -0.15) is 0 Å². The van der Waals surface area contributed by atoms with E-state index in [-0.39, 0.29) is 0 Å². The van der Waals surface area contributed by atoms with Crippen molar-refractivity contribution in [3.05, 3.63) is 29.3 Å². The van der Waals surface area contributed by atoms with Crippen LogP contribution < -0.4 is 10.2 Å². The van der Waals surface area contributed by atoms with Crippen LogP contribution in [-0.2, 0) is 17.7 Å². The van der Waals surface area contributed by atoms with E-state index in [1.54, 1.807) is 0 Å². The maximum Gasteiger partial charge on any atom is 0.0750 e. The minimum atomic E-state index is 0.413. The van der Waals surface area contributed by atoms with Gasteiger partial charge in [0.2, 0.25) is 0 Å². The standard InChI is InChI=1S/C17H26N2O/c1-2-11-20-15-6-4-10-19(13-15)17-7-3-5-14-8-9-18-12-16(14)17/h3,5,7,15,18H,2,4,6,8-13H2,1H3. The van der Waals surface area contributed by atoms with Crippen LogP contribution in [0.15, 0.2) is 18.2 Å². The molecule has 2 aliphatic heterocycles. The first-order valence-corrected chi connectivity index (χ1v) is 8.06. The van der Waals surface area contributed by atoms with Crippen LogP contribution in [-0.4, -0.2) is 32.3 Å². The summed E-state index contributed by atoms with van der Waals surface area (Å²) in [6, 6.07) is 6.79. The fourth-order valence-corrected chi connectivity index (χ4v) is 3.37. The Morgan fingerprint density at radius 2 is 2.35 bits per heavy atom. The van der Waals surface area contributed by atoms with Crippen LogP contribution in [0.5, 0.6) is 0 Å². The smallest absolute Gasteiger partial charge is 0.0750 e. The number of fused-ring (bicyclic) bond motifs is 1. The van der Waals surface area contributed by atoms with Crippen LogP contribution in [0.1, 0.15) is 37.3 Å². The molecular weight excluding hydrogens is 248 g/mol. The lowest BCUT2D eigenvalue weighted by Crippen LogP contribution is -2.41. The highest BCUT2D eigenvalue weighted by Gasteiger charge is 2.23. The lowest BCUT2D eigenvalue weighted by Gasteiger charge is -2.36. The molecular formula is C17H26N2O. The number of hydrogen-bond donors (Lipinski definition) is 1. The Morgan fingerprint density at radius 3 is 3.25 bits per heavy atom. The summed E-state index contributed by atoms with van der Waals surface area (Å²) in [5.74, 6) is 0. The third-order valence-electron chi connectivity index (χ3n) is 4.40. The van der Waals surface area contributed by atoms with Gasteiger partial charge in [0.15, 0.2) is 0 Å². The number of rotatable bonds is 4. The summed E-state index contributed by atoms with van der Waals surface area (Å²) >= 11 is 0. The van der Waals surface area contributed by atoms with Gasteiger partial charge in [-0.25, -0.2) is 0 Å². The lowest BCUT2D eigenvalue weighted by molar-refractivity contribution is 0.0440. The molecule has 1 N–H and O–H groups in total. The third kappa shape index (κ3) is 2.99. The van der Waals surface area contributed by atoms with Crippen molar-refractivity contribution in [3.8, 4) is 0 Å². The van der Waals surface area contributed by atoms with Crippen LogP contribution in [0.2, 0.25) is 0 Å². The van der Waals surface area contributed by atoms with Crippen LogP contribution >= 0.6 is 0 Å². The van der Waals surface area contributed by atoms with E-state index in [4.69, 9.17) is 4.74 Å². The monoisotopic (exact) mass is 274 g/mol. The van der Waals surface area contributed by atoms with Crippen molar-refractivity contribution in [2.24, 2.45) is 0 Å². The quantitative estimate of drug-likeness (QED) is 0.913. The van der Waals surface area contributed by atoms with Crippen molar-refractivity contribution in [2.75, 3.05) is 31.1 Å². The minimum absolute atomic E-state index is 0.413. The molecule has 0 aliphatic carbocycles. The number of nitrogens with zero attached hydrogens (tertiary/aromatic N) is 1. The topological polar surface area (TPSA) is 24.5 Å². The van der Waals surface area contributed by atoms with Crippen molar-refractivity contribution < 1.29 is 4.74 Å². The molecule has 0 bridgehead atoms. The summed E-state index contributed by atoms with van der Waals surface area (Å²) in [7, 11) is 0. The molecule has 3 heteroatoms. The maximum atomic E-state index is 5.97. The summed E-state index contributed by atoms with van der Waals surface area (Å²) < 4.78 is 5.97. The summed E-state index contributed by atoms with van der Waals surface area (Å²) in [4.78, 5) is 2.54. The fourth-order valence-electron chi connectivity index (χ4n) is 3.37. The summed E-state index contributed by atoms with van der Waals surface area (Å²) in [6.07, 6.45) is 5.14. The van der Waals surface area contributed by atoms with E-state index < -0.39 is 0 Å². The molecule has 110 valence electrons. The highest BCUT2D eigenvalue weighted by atomic mass is 16.5. The second-order valence-electron chi connectivity index (χ2n) is 5.92. The Morgan fingerprint density at radius 1 is 1.40 bits per heavy atom. The molecule has 3 nitrogen and oxygen atoms in total. The molecule has 20 heavy (non-hydrogen) atoms. The largest absolute Gasteiger partial charge is 0.376 e. The Labute approximate surface area is 122 Å². The van der Waals surface area contributed by atoms with Gasteiger partial charge in [-0.05, 0) is 49.4 Å². The fraction of sp³-hybridized carbons (Fsp3) is 0.647. The third-order valence-corrected chi connectivity index (χ3v) is 4.40. The van der Waals surface area contributed by atoms with Gasteiger partial charge in [-0.3, -0.25) is 0 Å². The van der Waals surface area contributed by atoms with E-state index in [0.29, 0.717) is 6.10 Å². The number of benzene rings is 1. The molecule has 1 fully saturated rings. The van der Waals surface area contributed by atoms with E-state index in [1.807, 2.05) is 0 Å². The normalized spacial score (nSPS) is 22.6. The molecule has 2 aliphatic rings. The van der Waals surface area contributed by atoms with E-state index in [9.17, 15) is 0 Å². The van der Waals surface area contributed by atoms with Crippen molar-refractivity contribution in [1.82, 2.24) is 5.32 Å². The first kappa shape index (κ1) is 13.9. The van der Waals surface area contributed by atoms with Crippen LogP contribution in [0.3, 0.4) is 0 Å². The summed E-state index contributed by atoms with van der Waals surface area (Å²) in [5, 5.41) is 3.51. The average Bonchev–Trinajstić information content (AvgIpc) is 2.52. The van der Waals surface area contributed by atoms with Crippen molar-refractivity contribution in [2.45, 2.75) is 45.3 Å². The van der Waals surface area contributed by atoms with Gasteiger partial charge < -0.3 is 15.0 Å². The van der Waals surface area contributed by atoms with Crippen LogP contribution in [0.4, 0.5) is 5.69 Å². The zero-order valence-electron chi connectivity index (χ0n) is 12.5. The van der Waals surface area contributed by atoms with Crippen LogP contribution in [0.25, 0.3) is 0 Å². The van der Waals surface area contributed by atoms with Gasteiger partial charge in [0.1, 0.15) is 0 Å². The predicted molar refractivity (Wildman–Crippen MR) is 83.3 cm³/mol. The molecule has 0 amide bonds. The van der Waals surface area contributed by atoms with Gasteiger partial charge in [0.05, 0.1) is 6.10 Å². The molecule has 3 rings (SSSR count). The molecule has 2 heterocycles. The lowest BCUT2D eigenvalue weighted by atomic mass is 9.97. The number of ether oxygens (including phenoxy) is 1. The van der Waals surface area contributed by atoms with E-state index in [1.165, 1.54) is 36.2 Å². The first-order chi connectivity index (χ1) is 9.88. The van der Waals surface area contributed by atoms with E-state index in [2.05, 4.69) is 35.3 Å². The van der Waals surface area contributed by atoms with Crippen molar-refractivity contribution in [3.63, 3.8) is 0 Å². The molecule has 0 aromatic heterocycles. The summed E-state index contributed by atoms with van der Waals surface area (Å²) in [6.45, 7) is 7.42. The van der Waals surface area contributed by atoms with Crippen molar-refractivity contribution >= 4 is 5.69 Å². The molecule has 1 atom stereocenters. The molecule has 1 saturated heterocycles. The van der Waals surface area contributed by atoms with Gasteiger partial charge in [0.25, 0.3) is 0 Å². The Hall–Kier alpha value is -1.06. The van der Waals surface area contributed by atoms with E-state index >= 15 is 0 Å². The number of anilines is 1. The second kappa shape index (κ2) is 6.59. The number of hydrogen-bond acceptors (Lipinski definition) is 3. The predicted octanol–water partition coefficient (Wildman–Crippen LogP) is 2.73. The molecule has 1 aromatic carbocycles. The number of piperidine rings is 1. The van der Waals surface area contributed by atoms with Gasteiger partial charge in [-0.15, -0.1) is 0 Å². The molecule has 1 unspecified atom stereocenters. The highest BCUT2D eigenvalue weighted by molar-refractivity contribution is 5.58. The highest BCUT2D eigenvalue weighted by Crippen LogP contribution is 2.29. The molecule has 0 saturated carbocycles. The van der Waals surface area contributed by atoms with Gasteiger partial charge in [0, 0.05) is 31.9 Å². The summed E-state index contributed by atoms with van der Waals surface area (Å²) in [5.41, 5.74) is 4.47. The Balaban J connectivity index is 1.75. The second-order valence-corrected chi connectivity index (χ2v) is 5.92. The maximum absolute atomic E-state index is 5.97. The first-order valence-electron chi connectivity index (χ1n) is 8.06.